The van der Waals surface area contributed by atoms with Gasteiger partial charge in [-0.05, 0) is 33.3 Å². The Balaban J connectivity index is 1.74. The third kappa shape index (κ3) is 3.74. The van der Waals surface area contributed by atoms with Gasteiger partial charge in [0.25, 0.3) is 0 Å². The molecule has 1 aliphatic rings. The highest BCUT2D eigenvalue weighted by Crippen LogP contribution is 2.34. The maximum Gasteiger partial charge on any atom is 0.416 e. The van der Waals surface area contributed by atoms with Gasteiger partial charge in [0.1, 0.15) is 5.82 Å². The van der Waals surface area contributed by atoms with Crippen LogP contribution in [-0.4, -0.2) is 35.9 Å². The smallest absolute Gasteiger partial charge is 0.384 e. The molecule has 168 valence electrons. The van der Waals surface area contributed by atoms with Crippen LogP contribution in [0.4, 0.5) is 24.9 Å². The summed E-state index contributed by atoms with van der Waals surface area (Å²) >= 11 is 0. The summed E-state index contributed by atoms with van der Waals surface area (Å²) in [5.74, 6) is 0.335. The average Bonchev–Trinajstić information content (AvgIpc) is 3.01. The molecule has 3 aromatic heterocycles. The number of anilines is 2. The number of nitrogens with zero attached hydrogens (tertiary/aromatic N) is 5. The first-order valence-corrected chi connectivity index (χ1v) is 9.84. The van der Waals surface area contributed by atoms with Crippen LogP contribution in [0.3, 0.4) is 0 Å². The molecule has 0 saturated heterocycles. The SMILES string of the molecule is Cc1nn2c(=O)n(C)c(C)cc2c1-c1cc(N)nc(NC2(C)C=CC(C(F)(F)F)=CC2)n1. The lowest BCUT2D eigenvalue weighted by molar-refractivity contribution is -0.0887. The first-order valence-electron chi connectivity index (χ1n) is 9.84. The molecule has 1 unspecified atom stereocenters. The topological polar surface area (TPSA) is 103 Å². The largest absolute Gasteiger partial charge is 0.416 e. The Morgan fingerprint density at radius 1 is 1.22 bits per heavy atom. The van der Waals surface area contributed by atoms with Gasteiger partial charge in [0.2, 0.25) is 5.95 Å². The second-order valence-electron chi connectivity index (χ2n) is 8.12. The Hall–Kier alpha value is -3.63. The number of alkyl halides is 3. The van der Waals surface area contributed by atoms with Gasteiger partial charge in [0.05, 0.1) is 28.0 Å². The fraction of sp³-hybridized carbons (Fsp3) is 0.333. The summed E-state index contributed by atoms with van der Waals surface area (Å²) in [5, 5.41) is 7.42. The maximum absolute atomic E-state index is 12.9. The molecule has 0 amide bonds. The molecule has 1 atom stereocenters. The number of nitrogen functional groups attached to an aromatic ring is 1. The van der Waals surface area contributed by atoms with Crippen molar-refractivity contribution in [1.29, 1.82) is 0 Å². The number of nitrogens with one attached hydrogen (secondary N) is 1. The molecule has 8 nitrogen and oxygen atoms in total. The molecule has 0 radical (unpaired) electrons. The van der Waals surface area contributed by atoms with E-state index in [0.29, 0.717) is 22.5 Å². The third-order valence-electron chi connectivity index (χ3n) is 5.54. The van der Waals surface area contributed by atoms with E-state index in [1.807, 2.05) is 13.0 Å². The summed E-state index contributed by atoms with van der Waals surface area (Å²) in [4.78, 5) is 21.3. The highest BCUT2D eigenvalue weighted by atomic mass is 19.4. The second kappa shape index (κ2) is 7.21. The Morgan fingerprint density at radius 2 is 1.94 bits per heavy atom. The quantitative estimate of drug-likeness (QED) is 0.641. The van der Waals surface area contributed by atoms with Gasteiger partial charge >= 0.3 is 11.9 Å². The van der Waals surface area contributed by atoms with Gasteiger partial charge in [-0.2, -0.15) is 27.8 Å². The van der Waals surface area contributed by atoms with Crippen molar-refractivity contribution in [3.8, 4) is 11.3 Å². The molecular weight excluding hydrogens is 423 g/mol. The average molecular weight is 445 g/mol. The van der Waals surface area contributed by atoms with Crippen LogP contribution < -0.4 is 16.7 Å². The molecule has 1 aliphatic carbocycles. The summed E-state index contributed by atoms with van der Waals surface area (Å²) < 4.78 is 41.5. The number of aromatic nitrogens is 5. The Bertz CT molecular complexity index is 1350. The Morgan fingerprint density at radius 3 is 2.56 bits per heavy atom. The Kier molecular flexibility index (Phi) is 4.87. The molecule has 32 heavy (non-hydrogen) atoms. The number of aryl methyl sites for hydroxylation is 2. The lowest BCUT2D eigenvalue weighted by Gasteiger charge is -2.30. The van der Waals surface area contributed by atoms with E-state index in [-0.39, 0.29) is 23.9 Å². The molecule has 0 aliphatic heterocycles. The predicted molar refractivity (Wildman–Crippen MR) is 115 cm³/mol. The highest BCUT2D eigenvalue weighted by molar-refractivity contribution is 5.81. The minimum absolute atomic E-state index is 0.0941. The molecule has 3 aromatic rings. The van der Waals surface area contributed by atoms with E-state index in [0.717, 1.165) is 17.8 Å². The number of rotatable bonds is 3. The minimum Gasteiger partial charge on any atom is -0.384 e. The van der Waals surface area contributed by atoms with Crippen LogP contribution in [0.25, 0.3) is 16.8 Å². The second-order valence-corrected chi connectivity index (χ2v) is 8.12. The number of hydrogen-bond acceptors (Lipinski definition) is 6. The van der Waals surface area contributed by atoms with Crippen LogP contribution >= 0.6 is 0 Å². The lowest BCUT2D eigenvalue weighted by atomic mass is 9.90. The van der Waals surface area contributed by atoms with Crippen LogP contribution in [0, 0.1) is 13.8 Å². The van der Waals surface area contributed by atoms with Crippen molar-refractivity contribution >= 4 is 17.3 Å². The zero-order valence-corrected chi connectivity index (χ0v) is 17.9. The number of nitrogens with two attached hydrogens (primary N) is 1. The highest BCUT2D eigenvalue weighted by Gasteiger charge is 2.35. The van der Waals surface area contributed by atoms with Gasteiger partial charge in [0, 0.05) is 24.4 Å². The molecule has 3 heterocycles. The van der Waals surface area contributed by atoms with Gasteiger partial charge in [-0.1, -0.05) is 18.2 Å². The van der Waals surface area contributed by atoms with Crippen molar-refractivity contribution in [2.24, 2.45) is 7.05 Å². The van der Waals surface area contributed by atoms with Crippen LogP contribution in [0.15, 0.2) is 40.7 Å². The van der Waals surface area contributed by atoms with Crippen LogP contribution in [0.1, 0.15) is 24.7 Å². The molecule has 0 aromatic carbocycles. The molecule has 0 spiro atoms. The normalized spacial score (nSPS) is 18.8. The van der Waals surface area contributed by atoms with Crippen molar-refractivity contribution in [2.45, 2.75) is 38.9 Å². The third-order valence-corrected chi connectivity index (χ3v) is 5.54. The van der Waals surface area contributed by atoms with Gasteiger partial charge in [-0.15, -0.1) is 0 Å². The summed E-state index contributed by atoms with van der Waals surface area (Å²) in [6, 6.07) is 3.40. The van der Waals surface area contributed by atoms with Crippen molar-refractivity contribution < 1.29 is 13.2 Å². The molecule has 4 rings (SSSR count). The van der Waals surface area contributed by atoms with E-state index >= 15 is 0 Å². The summed E-state index contributed by atoms with van der Waals surface area (Å²) in [5.41, 5.74) is 7.19. The van der Waals surface area contributed by atoms with Crippen molar-refractivity contribution in [3.63, 3.8) is 0 Å². The van der Waals surface area contributed by atoms with Crippen molar-refractivity contribution in [3.05, 3.63) is 57.8 Å². The number of allylic oxidation sites excluding steroid dienone is 2. The van der Waals surface area contributed by atoms with Crippen molar-refractivity contribution in [2.75, 3.05) is 11.1 Å². The lowest BCUT2D eigenvalue weighted by Crippen LogP contribution is -2.35. The van der Waals surface area contributed by atoms with Crippen LogP contribution in [-0.2, 0) is 7.05 Å². The first-order chi connectivity index (χ1) is 14.9. The predicted octanol–water partition coefficient (Wildman–Crippen LogP) is 3.31. The van der Waals surface area contributed by atoms with Gasteiger partial charge in [-0.25, -0.2) is 9.78 Å². The maximum atomic E-state index is 12.9. The summed E-state index contributed by atoms with van der Waals surface area (Å²) in [6.07, 6.45) is -0.687. The molecule has 0 bridgehead atoms. The number of hydrogen-bond donors (Lipinski definition) is 2. The number of fused-ring (bicyclic) bond motifs is 1. The fourth-order valence-electron chi connectivity index (χ4n) is 3.67. The number of halogens is 3. The monoisotopic (exact) mass is 445 g/mol. The van der Waals surface area contributed by atoms with E-state index in [2.05, 4.69) is 20.4 Å². The van der Waals surface area contributed by atoms with Gasteiger partial charge < -0.3 is 11.1 Å². The summed E-state index contributed by atoms with van der Waals surface area (Å²) in [7, 11) is 1.66. The van der Waals surface area contributed by atoms with E-state index in [1.165, 1.54) is 15.2 Å². The van der Waals surface area contributed by atoms with Gasteiger partial charge in [0.15, 0.2) is 0 Å². The minimum atomic E-state index is -4.39. The van der Waals surface area contributed by atoms with Crippen LogP contribution in [0.5, 0.6) is 0 Å². The van der Waals surface area contributed by atoms with Crippen molar-refractivity contribution in [1.82, 2.24) is 24.1 Å². The molecule has 0 fully saturated rings. The molecule has 0 saturated carbocycles. The zero-order chi connectivity index (χ0) is 23.4. The van der Waals surface area contributed by atoms with E-state index in [1.54, 1.807) is 27.0 Å². The van der Waals surface area contributed by atoms with E-state index < -0.39 is 17.3 Å². The first kappa shape index (κ1) is 21.6. The van der Waals surface area contributed by atoms with Gasteiger partial charge in [-0.3, -0.25) is 4.57 Å². The molecule has 11 heteroatoms. The zero-order valence-electron chi connectivity index (χ0n) is 17.9. The molecular formula is C21H22F3N7O. The van der Waals surface area contributed by atoms with E-state index in [9.17, 15) is 18.0 Å². The Labute approximate surface area is 181 Å². The standard InChI is InChI=1S/C21H22F3N7O/c1-11-9-15-17(12(2)29-31(15)19(32)30(11)4)14-10-16(25)27-18(26-14)28-20(3)7-5-13(6-8-20)21(22,23)24/h5-7,9-10H,8H2,1-4H3,(H3,25,26,27,28). The fourth-order valence-corrected chi connectivity index (χ4v) is 3.67. The van der Waals surface area contributed by atoms with Crippen LogP contribution in [0.2, 0.25) is 0 Å². The molecule has 3 N–H and O–H groups in total. The van der Waals surface area contributed by atoms with E-state index in [4.69, 9.17) is 5.73 Å². The summed E-state index contributed by atoms with van der Waals surface area (Å²) in [6.45, 7) is 5.32.